The van der Waals surface area contributed by atoms with Crippen molar-refractivity contribution in [2.45, 2.75) is 52.9 Å². The molecule has 0 heterocycles. The summed E-state index contributed by atoms with van der Waals surface area (Å²) in [7, 11) is 2.17. The third-order valence-corrected chi connectivity index (χ3v) is 2.81. The van der Waals surface area contributed by atoms with Crippen LogP contribution in [0.4, 0.5) is 0 Å². The number of carbonyl (C=O) groups is 1. The first-order chi connectivity index (χ1) is 8.06. The highest BCUT2D eigenvalue weighted by atomic mass is 16.5. The Morgan fingerprint density at radius 2 is 1.88 bits per heavy atom. The molecule has 0 rings (SSSR count). The molecule has 0 aliphatic rings. The highest BCUT2D eigenvalue weighted by Gasteiger charge is 2.02. The van der Waals surface area contributed by atoms with Crippen LogP contribution in [0.5, 0.6) is 0 Å². The molecule has 0 fully saturated rings. The monoisotopic (exact) mass is 243 g/mol. The number of rotatable bonds is 10. The minimum atomic E-state index is -0.0549. The molecule has 0 saturated heterocycles. The molecular formula is C14H29NO2. The molecule has 3 heteroatoms. The van der Waals surface area contributed by atoms with Gasteiger partial charge in [0.25, 0.3) is 0 Å². The second-order valence-corrected chi connectivity index (χ2v) is 5.10. The van der Waals surface area contributed by atoms with Gasteiger partial charge in [0, 0.05) is 6.42 Å². The zero-order valence-corrected chi connectivity index (χ0v) is 12.0. The van der Waals surface area contributed by atoms with Gasteiger partial charge in [0.2, 0.25) is 0 Å². The van der Waals surface area contributed by atoms with Gasteiger partial charge in [-0.15, -0.1) is 0 Å². The summed E-state index contributed by atoms with van der Waals surface area (Å²) in [4.78, 5) is 13.5. The molecule has 0 bridgehead atoms. The SMILES string of the molecule is CCOC(=O)CCCCCN(C)CCC(C)C. The van der Waals surface area contributed by atoms with Crippen molar-refractivity contribution in [1.82, 2.24) is 4.90 Å². The van der Waals surface area contributed by atoms with E-state index in [2.05, 4.69) is 25.8 Å². The van der Waals surface area contributed by atoms with E-state index in [0.717, 1.165) is 25.3 Å². The van der Waals surface area contributed by atoms with E-state index in [1.165, 1.54) is 19.4 Å². The fourth-order valence-corrected chi connectivity index (χ4v) is 1.65. The van der Waals surface area contributed by atoms with Gasteiger partial charge in [0.1, 0.15) is 0 Å². The third-order valence-electron chi connectivity index (χ3n) is 2.81. The van der Waals surface area contributed by atoms with Crippen LogP contribution in [0.3, 0.4) is 0 Å². The lowest BCUT2D eigenvalue weighted by Gasteiger charge is -2.17. The summed E-state index contributed by atoms with van der Waals surface area (Å²) in [5, 5.41) is 0. The Balaban J connectivity index is 3.30. The Hall–Kier alpha value is -0.570. The van der Waals surface area contributed by atoms with Gasteiger partial charge < -0.3 is 9.64 Å². The Kier molecular flexibility index (Phi) is 10.2. The first kappa shape index (κ1) is 16.4. The molecule has 0 saturated carbocycles. The van der Waals surface area contributed by atoms with Gasteiger partial charge >= 0.3 is 5.97 Å². The molecule has 0 aromatic heterocycles. The molecule has 0 aliphatic heterocycles. The molecule has 0 aromatic carbocycles. The predicted molar refractivity (Wildman–Crippen MR) is 72.1 cm³/mol. The molecule has 3 nitrogen and oxygen atoms in total. The van der Waals surface area contributed by atoms with E-state index in [9.17, 15) is 4.79 Å². The third kappa shape index (κ3) is 11.7. The number of nitrogens with zero attached hydrogens (tertiary/aromatic N) is 1. The van der Waals surface area contributed by atoms with Crippen molar-refractivity contribution in [3.63, 3.8) is 0 Å². The molecule has 0 aliphatic carbocycles. The maximum Gasteiger partial charge on any atom is 0.305 e. The van der Waals surface area contributed by atoms with Crippen LogP contribution in [-0.4, -0.2) is 37.6 Å². The van der Waals surface area contributed by atoms with Crippen LogP contribution in [0.25, 0.3) is 0 Å². The Morgan fingerprint density at radius 1 is 1.18 bits per heavy atom. The summed E-state index contributed by atoms with van der Waals surface area (Å²) in [6, 6.07) is 0. The average Bonchev–Trinajstić information content (AvgIpc) is 2.26. The number of hydrogen-bond acceptors (Lipinski definition) is 3. The minimum absolute atomic E-state index is 0.0549. The molecule has 0 radical (unpaired) electrons. The second kappa shape index (κ2) is 10.6. The molecule has 0 amide bonds. The summed E-state index contributed by atoms with van der Waals surface area (Å²) < 4.78 is 4.89. The van der Waals surface area contributed by atoms with Gasteiger partial charge in [0.15, 0.2) is 0 Å². The Bertz CT molecular complexity index is 193. The maximum absolute atomic E-state index is 11.1. The molecular weight excluding hydrogens is 214 g/mol. The van der Waals surface area contributed by atoms with Crippen molar-refractivity contribution in [2.75, 3.05) is 26.7 Å². The van der Waals surface area contributed by atoms with E-state index >= 15 is 0 Å². The number of unbranched alkanes of at least 4 members (excludes halogenated alkanes) is 2. The lowest BCUT2D eigenvalue weighted by molar-refractivity contribution is -0.143. The van der Waals surface area contributed by atoms with E-state index in [1.807, 2.05) is 6.92 Å². The molecule has 17 heavy (non-hydrogen) atoms. The van der Waals surface area contributed by atoms with Crippen LogP contribution in [0.15, 0.2) is 0 Å². The van der Waals surface area contributed by atoms with E-state index in [0.29, 0.717) is 13.0 Å². The van der Waals surface area contributed by atoms with Crippen LogP contribution in [-0.2, 0) is 9.53 Å². The van der Waals surface area contributed by atoms with Crippen LogP contribution in [0.1, 0.15) is 52.9 Å². The standard InChI is InChI=1S/C14H29NO2/c1-5-17-14(16)9-7-6-8-11-15(4)12-10-13(2)3/h13H,5-12H2,1-4H3. The van der Waals surface area contributed by atoms with E-state index in [-0.39, 0.29) is 5.97 Å². The van der Waals surface area contributed by atoms with E-state index in [4.69, 9.17) is 4.74 Å². The van der Waals surface area contributed by atoms with Crippen LogP contribution < -0.4 is 0 Å². The van der Waals surface area contributed by atoms with Gasteiger partial charge in [-0.3, -0.25) is 4.79 Å². The van der Waals surface area contributed by atoms with Gasteiger partial charge in [0.05, 0.1) is 6.61 Å². The summed E-state index contributed by atoms with van der Waals surface area (Å²) >= 11 is 0. The zero-order chi connectivity index (χ0) is 13.1. The lowest BCUT2D eigenvalue weighted by Crippen LogP contribution is -2.22. The number of esters is 1. The van der Waals surface area contributed by atoms with Crippen LogP contribution >= 0.6 is 0 Å². The fourth-order valence-electron chi connectivity index (χ4n) is 1.65. The molecule has 102 valence electrons. The molecule has 0 unspecified atom stereocenters. The normalized spacial score (nSPS) is 11.2. The topological polar surface area (TPSA) is 29.5 Å². The lowest BCUT2D eigenvalue weighted by atomic mass is 10.1. The van der Waals surface area contributed by atoms with Gasteiger partial charge in [-0.05, 0) is 52.2 Å². The Labute approximate surface area is 107 Å². The molecule has 0 aromatic rings. The van der Waals surface area contributed by atoms with Crippen LogP contribution in [0, 0.1) is 5.92 Å². The fraction of sp³-hybridized carbons (Fsp3) is 0.929. The quantitative estimate of drug-likeness (QED) is 0.436. The zero-order valence-electron chi connectivity index (χ0n) is 12.0. The van der Waals surface area contributed by atoms with Crippen molar-refractivity contribution in [2.24, 2.45) is 5.92 Å². The highest BCUT2D eigenvalue weighted by molar-refractivity contribution is 5.69. The average molecular weight is 243 g/mol. The first-order valence-corrected chi connectivity index (χ1v) is 6.90. The molecule has 0 atom stereocenters. The van der Waals surface area contributed by atoms with Crippen molar-refractivity contribution in [3.8, 4) is 0 Å². The summed E-state index contributed by atoms with van der Waals surface area (Å²) in [6.45, 7) is 9.17. The van der Waals surface area contributed by atoms with Crippen LogP contribution in [0.2, 0.25) is 0 Å². The number of carbonyl (C=O) groups excluding carboxylic acids is 1. The number of ether oxygens (including phenoxy) is 1. The molecule has 0 N–H and O–H groups in total. The van der Waals surface area contributed by atoms with E-state index in [1.54, 1.807) is 0 Å². The highest BCUT2D eigenvalue weighted by Crippen LogP contribution is 2.04. The Morgan fingerprint density at radius 3 is 2.47 bits per heavy atom. The van der Waals surface area contributed by atoms with Crippen molar-refractivity contribution in [3.05, 3.63) is 0 Å². The smallest absolute Gasteiger partial charge is 0.305 e. The number of hydrogen-bond donors (Lipinski definition) is 0. The first-order valence-electron chi connectivity index (χ1n) is 6.90. The van der Waals surface area contributed by atoms with Gasteiger partial charge in [-0.25, -0.2) is 0 Å². The summed E-state index contributed by atoms with van der Waals surface area (Å²) in [6.07, 6.45) is 5.08. The maximum atomic E-state index is 11.1. The largest absolute Gasteiger partial charge is 0.466 e. The predicted octanol–water partition coefficient (Wildman–Crippen LogP) is 3.09. The molecule has 0 spiro atoms. The van der Waals surface area contributed by atoms with Gasteiger partial charge in [-0.1, -0.05) is 20.3 Å². The second-order valence-electron chi connectivity index (χ2n) is 5.10. The van der Waals surface area contributed by atoms with Gasteiger partial charge in [-0.2, -0.15) is 0 Å². The minimum Gasteiger partial charge on any atom is -0.466 e. The van der Waals surface area contributed by atoms with Crippen molar-refractivity contribution < 1.29 is 9.53 Å². The van der Waals surface area contributed by atoms with Crippen molar-refractivity contribution >= 4 is 5.97 Å². The van der Waals surface area contributed by atoms with Crippen molar-refractivity contribution in [1.29, 1.82) is 0 Å². The van der Waals surface area contributed by atoms with E-state index < -0.39 is 0 Å². The summed E-state index contributed by atoms with van der Waals surface area (Å²) in [5.41, 5.74) is 0. The summed E-state index contributed by atoms with van der Waals surface area (Å²) in [5.74, 6) is 0.724.